The summed E-state index contributed by atoms with van der Waals surface area (Å²) in [4.78, 5) is 13.3. The molecule has 1 rings (SSSR count). The molecule has 7 heteroatoms. The van der Waals surface area contributed by atoms with Crippen LogP contribution in [-0.4, -0.2) is 57.3 Å². The molecular weight excluding hydrogens is 290 g/mol. The Balaban J connectivity index is 2.98. The van der Waals surface area contributed by atoms with E-state index in [-0.39, 0.29) is 23.9 Å². The van der Waals surface area contributed by atoms with Crippen molar-refractivity contribution < 1.29 is 13.2 Å². The molecule has 0 radical (unpaired) electrons. The lowest BCUT2D eigenvalue weighted by Crippen LogP contribution is -2.40. The molecule has 21 heavy (non-hydrogen) atoms. The van der Waals surface area contributed by atoms with E-state index in [1.54, 1.807) is 45.3 Å². The van der Waals surface area contributed by atoms with E-state index in [2.05, 4.69) is 0 Å². The monoisotopic (exact) mass is 313 g/mol. The number of amides is 1. The van der Waals surface area contributed by atoms with Gasteiger partial charge in [-0.25, -0.2) is 8.42 Å². The SMILES string of the molecule is CCN(CC(=O)N(C)C)S(=O)(=O)c1ccc(CCN)cc1. The molecule has 0 aliphatic heterocycles. The smallest absolute Gasteiger partial charge is 0.243 e. The second kappa shape index (κ2) is 7.53. The number of rotatable bonds is 7. The van der Waals surface area contributed by atoms with Gasteiger partial charge in [-0.15, -0.1) is 0 Å². The maximum atomic E-state index is 12.5. The van der Waals surface area contributed by atoms with E-state index in [9.17, 15) is 13.2 Å². The van der Waals surface area contributed by atoms with Crippen LogP contribution in [0.5, 0.6) is 0 Å². The first-order valence-corrected chi connectivity index (χ1v) is 8.26. The number of sulfonamides is 1. The van der Waals surface area contributed by atoms with Crippen LogP contribution in [0.1, 0.15) is 12.5 Å². The third-order valence-electron chi connectivity index (χ3n) is 3.16. The fourth-order valence-electron chi connectivity index (χ4n) is 1.80. The first-order chi connectivity index (χ1) is 9.82. The Morgan fingerprint density at radius 2 is 1.76 bits per heavy atom. The number of benzene rings is 1. The molecule has 6 nitrogen and oxygen atoms in total. The Bertz CT molecular complexity index is 568. The van der Waals surface area contributed by atoms with Gasteiger partial charge in [0.25, 0.3) is 0 Å². The lowest BCUT2D eigenvalue weighted by molar-refractivity contribution is -0.128. The van der Waals surface area contributed by atoms with Gasteiger partial charge < -0.3 is 10.6 Å². The van der Waals surface area contributed by atoms with E-state index in [4.69, 9.17) is 5.73 Å². The minimum absolute atomic E-state index is 0.156. The molecule has 0 aliphatic rings. The van der Waals surface area contributed by atoms with Gasteiger partial charge in [0.05, 0.1) is 11.4 Å². The summed E-state index contributed by atoms with van der Waals surface area (Å²) in [6, 6.07) is 6.62. The fraction of sp³-hybridized carbons (Fsp3) is 0.500. The lowest BCUT2D eigenvalue weighted by Gasteiger charge is -2.22. The average molecular weight is 313 g/mol. The van der Waals surface area contributed by atoms with Gasteiger partial charge in [0.15, 0.2) is 0 Å². The van der Waals surface area contributed by atoms with E-state index < -0.39 is 10.0 Å². The molecule has 0 fully saturated rings. The molecule has 0 saturated carbocycles. The summed E-state index contributed by atoms with van der Waals surface area (Å²) in [6.07, 6.45) is 0.705. The van der Waals surface area contributed by atoms with Crippen LogP contribution >= 0.6 is 0 Å². The molecular formula is C14H23N3O3S. The van der Waals surface area contributed by atoms with Gasteiger partial charge in [0.2, 0.25) is 15.9 Å². The van der Waals surface area contributed by atoms with Crippen LogP contribution in [0.25, 0.3) is 0 Å². The Morgan fingerprint density at radius 1 is 1.19 bits per heavy atom. The third-order valence-corrected chi connectivity index (χ3v) is 5.09. The molecule has 0 aliphatic carbocycles. The number of hydrogen-bond acceptors (Lipinski definition) is 4. The summed E-state index contributed by atoms with van der Waals surface area (Å²) >= 11 is 0. The molecule has 0 unspecified atom stereocenters. The minimum Gasteiger partial charge on any atom is -0.348 e. The van der Waals surface area contributed by atoms with E-state index >= 15 is 0 Å². The van der Waals surface area contributed by atoms with Gasteiger partial charge in [-0.1, -0.05) is 19.1 Å². The van der Waals surface area contributed by atoms with Crippen molar-refractivity contribution in [2.45, 2.75) is 18.2 Å². The molecule has 2 N–H and O–H groups in total. The van der Waals surface area contributed by atoms with Gasteiger partial charge in [-0.3, -0.25) is 4.79 Å². The van der Waals surface area contributed by atoms with E-state index in [1.165, 1.54) is 9.21 Å². The Morgan fingerprint density at radius 3 is 2.19 bits per heavy atom. The van der Waals surface area contributed by atoms with Gasteiger partial charge in [-0.2, -0.15) is 4.31 Å². The number of nitrogens with zero attached hydrogens (tertiary/aromatic N) is 2. The first-order valence-electron chi connectivity index (χ1n) is 6.82. The molecule has 1 amide bonds. The van der Waals surface area contributed by atoms with Gasteiger partial charge in [0, 0.05) is 20.6 Å². The van der Waals surface area contributed by atoms with Crippen molar-refractivity contribution in [3.63, 3.8) is 0 Å². The average Bonchev–Trinajstić information content (AvgIpc) is 2.45. The zero-order chi connectivity index (χ0) is 16.0. The zero-order valence-electron chi connectivity index (χ0n) is 12.7. The number of carbonyl (C=O) groups is 1. The lowest BCUT2D eigenvalue weighted by atomic mass is 10.2. The normalized spacial score (nSPS) is 11.7. The maximum Gasteiger partial charge on any atom is 0.243 e. The summed E-state index contributed by atoms with van der Waals surface area (Å²) < 4.78 is 26.2. The first kappa shape index (κ1) is 17.6. The third kappa shape index (κ3) is 4.52. The second-order valence-corrected chi connectivity index (χ2v) is 6.84. The van der Waals surface area contributed by atoms with Crippen LogP contribution in [0.15, 0.2) is 29.2 Å². The van der Waals surface area contributed by atoms with Crippen molar-refractivity contribution in [2.75, 3.05) is 33.7 Å². The predicted molar refractivity (Wildman–Crippen MR) is 82.3 cm³/mol. The number of likely N-dealkylation sites (N-methyl/N-ethyl adjacent to an activating group) is 2. The van der Waals surface area contributed by atoms with E-state index in [0.717, 1.165) is 5.56 Å². The summed E-state index contributed by atoms with van der Waals surface area (Å²) in [6.45, 7) is 2.32. The van der Waals surface area contributed by atoms with Crippen LogP contribution < -0.4 is 5.73 Å². The molecule has 118 valence electrons. The van der Waals surface area contributed by atoms with Crippen molar-refractivity contribution in [2.24, 2.45) is 5.73 Å². The van der Waals surface area contributed by atoms with Crippen LogP contribution in [0, 0.1) is 0 Å². The van der Waals surface area contributed by atoms with Crippen LogP contribution in [0.4, 0.5) is 0 Å². The second-order valence-electron chi connectivity index (χ2n) is 4.90. The van der Waals surface area contributed by atoms with Crippen molar-refractivity contribution in [1.29, 1.82) is 0 Å². The molecule has 0 spiro atoms. The topological polar surface area (TPSA) is 83.7 Å². The standard InChI is InChI=1S/C14H23N3O3S/c1-4-17(11-14(18)16(2)3)21(19,20)13-7-5-12(6-8-13)9-10-15/h5-8H,4,9-11,15H2,1-3H3. The highest BCUT2D eigenvalue weighted by Gasteiger charge is 2.25. The minimum atomic E-state index is -3.66. The summed E-state index contributed by atoms with van der Waals surface area (Å²) in [5, 5.41) is 0. The fourth-order valence-corrected chi connectivity index (χ4v) is 3.20. The summed E-state index contributed by atoms with van der Waals surface area (Å²) in [5.41, 5.74) is 6.46. The van der Waals surface area contributed by atoms with Gasteiger partial charge in [-0.05, 0) is 30.7 Å². The highest BCUT2D eigenvalue weighted by Crippen LogP contribution is 2.16. The largest absolute Gasteiger partial charge is 0.348 e. The van der Waals surface area contributed by atoms with Gasteiger partial charge >= 0.3 is 0 Å². The van der Waals surface area contributed by atoms with Gasteiger partial charge in [0.1, 0.15) is 0 Å². The van der Waals surface area contributed by atoms with Crippen molar-refractivity contribution in [3.8, 4) is 0 Å². The molecule has 0 aromatic heterocycles. The summed E-state index contributed by atoms with van der Waals surface area (Å²) in [7, 11) is -0.454. The van der Waals surface area contributed by atoms with Crippen LogP contribution in [-0.2, 0) is 21.2 Å². The highest BCUT2D eigenvalue weighted by molar-refractivity contribution is 7.89. The van der Waals surface area contributed by atoms with E-state index in [0.29, 0.717) is 13.0 Å². The Labute approximate surface area is 126 Å². The summed E-state index contributed by atoms with van der Waals surface area (Å²) in [5.74, 6) is -0.250. The molecule has 0 heterocycles. The predicted octanol–water partition coefficient (Wildman–Crippen LogP) is 0.287. The quantitative estimate of drug-likeness (QED) is 0.784. The highest BCUT2D eigenvalue weighted by atomic mass is 32.2. The van der Waals surface area contributed by atoms with Crippen LogP contribution in [0.2, 0.25) is 0 Å². The number of carbonyl (C=O) groups excluding carboxylic acids is 1. The van der Waals surface area contributed by atoms with Crippen molar-refractivity contribution in [3.05, 3.63) is 29.8 Å². The van der Waals surface area contributed by atoms with E-state index in [1.807, 2.05) is 0 Å². The molecule has 1 aromatic rings. The number of hydrogen-bond donors (Lipinski definition) is 1. The molecule has 0 atom stereocenters. The van der Waals surface area contributed by atoms with Crippen molar-refractivity contribution in [1.82, 2.24) is 9.21 Å². The Kier molecular flexibility index (Phi) is 6.32. The molecule has 0 saturated heterocycles. The van der Waals surface area contributed by atoms with Crippen LogP contribution in [0.3, 0.4) is 0 Å². The maximum absolute atomic E-state index is 12.5. The zero-order valence-corrected chi connectivity index (χ0v) is 13.6. The number of nitrogens with two attached hydrogens (primary N) is 1. The molecule has 0 bridgehead atoms. The molecule has 1 aromatic carbocycles. The van der Waals surface area contributed by atoms with Crippen molar-refractivity contribution >= 4 is 15.9 Å². The Hall–Kier alpha value is -1.44.